The lowest BCUT2D eigenvalue weighted by Gasteiger charge is -2.27. The molecule has 2 rings (SSSR count). The second kappa shape index (κ2) is 9.22. The molecular weight excluding hydrogens is 258 g/mol. The van der Waals surface area contributed by atoms with Crippen molar-refractivity contribution in [2.75, 3.05) is 20.3 Å². The lowest BCUT2D eigenvalue weighted by molar-refractivity contribution is 0.202. The van der Waals surface area contributed by atoms with Crippen LogP contribution >= 0.6 is 0 Å². The first kappa shape index (κ1) is 16.5. The molecule has 1 fully saturated rings. The van der Waals surface area contributed by atoms with Crippen LogP contribution in [0.15, 0.2) is 24.3 Å². The maximum absolute atomic E-state index is 5.15. The minimum atomic E-state index is 0.523. The zero-order valence-corrected chi connectivity index (χ0v) is 13.7. The van der Waals surface area contributed by atoms with Gasteiger partial charge in [0.15, 0.2) is 0 Å². The van der Waals surface area contributed by atoms with Crippen molar-refractivity contribution < 1.29 is 4.74 Å². The van der Waals surface area contributed by atoms with Crippen molar-refractivity contribution >= 4 is 0 Å². The molecule has 0 aliphatic heterocycles. The molecule has 0 amide bonds. The van der Waals surface area contributed by atoms with Crippen LogP contribution < -0.4 is 5.32 Å². The van der Waals surface area contributed by atoms with Gasteiger partial charge in [-0.2, -0.15) is 0 Å². The predicted molar refractivity (Wildman–Crippen MR) is 89.6 cm³/mol. The molecule has 0 aromatic heterocycles. The van der Waals surface area contributed by atoms with Crippen LogP contribution in [0.1, 0.15) is 62.6 Å². The van der Waals surface area contributed by atoms with Gasteiger partial charge in [0.05, 0.1) is 6.61 Å². The molecule has 0 spiro atoms. The van der Waals surface area contributed by atoms with Crippen molar-refractivity contribution in [3.8, 4) is 0 Å². The molecule has 1 atom stereocenters. The Balaban J connectivity index is 1.95. The van der Waals surface area contributed by atoms with E-state index in [0.29, 0.717) is 6.04 Å². The molecule has 2 heteroatoms. The van der Waals surface area contributed by atoms with E-state index in [4.69, 9.17) is 4.74 Å². The van der Waals surface area contributed by atoms with Gasteiger partial charge in [-0.1, -0.05) is 63.3 Å². The van der Waals surface area contributed by atoms with Crippen LogP contribution in [0.2, 0.25) is 0 Å². The van der Waals surface area contributed by atoms with Crippen molar-refractivity contribution in [3.05, 3.63) is 35.4 Å². The second-order valence-electron chi connectivity index (χ2n) is 6.33. The minimum absolute atomic E-state index is 0.523. The summed E-state index contributed by atoms with van der Waals surface area (Å²) in [6.45, 7) is 4.06. The number of benzene rings is 1. The summed E-state index contributed by atoms with van der Waals surface area (Å²) in [5.41, 5.74) is 2.82. The minimum Gasteiger partial charge on any atom is -0.384 e. The predicted octanol–water partition coefficient (Wildman–Crippen LogP) is 4.50. The van der Waals surface area contributed by atoms with E-state index in [1.54, 1.807) is 7.11 Å². The van der Waals surface area contributed by atoms with Gasteiger partial charge in [-0.05, 0) is 36.4 Å². The van der Waals surface area contributed by atoms with Crippen LogP contribution in [-0.4, -0.2) is 20.3 Å². The average Bonchev–Trinajstić information content (AvgIpc) is 2.54. The second-order valence-corrected chi connectivity index (χ2v) is 6.33. The molecule has 1 saturated carbocycles. The first-order valence-corrected chi connectivity index (χ1v) is 8.64. The maximum Gasteiger partial charge on any atom is 0.0502 e. The third-order valence-corrected chi connectivity index (χ3v) is 4.72. The fraction of sp³-hybridized carbons (Fsp3) is 0.684. The highest BCUT2D eigenvalue weighted by molar-refractivity contribution is 5.25. The molecular formula is C19H31NO. The van der Waals surface area contributed by atoms with E-state index < -0.39 is 0 Å². The first-order chi connectivity index (χ1) is 10.3. The summed E-state index contributed by atoms with van der Waals surface area (Å²) in [6.07, 6.45) is 9.45. The number of methoxy groups -OCH3 is 1. The molecule has 1 aliphatic carbocycles. The SMILES string of the molecule is CCNC(CC1CCCCC1)c1ccc(CCOC)cc1. The summed E-state index contributed by atoms with van der Waals surface area (Å²) in [5.74, 6) is 0.913. The summed E-state index contributed by atoms with van der Waals surface area (Å²) >= 11 is 0. The molecule has 118 valence electrons. The quantitative estimate of drug-likeness (QED) is 0.761. The zero-order chi connectivity index (χ0) is 14.9. The molecule has 1 unspecified atom stereocenters. The van der Waals surface area contributed by atoms with Crippen LogP contribution in [-0.2, 0) is 11.2 Å². The van der Waals surface area contributed by atoms with E-state index in [0.717, 1.165) is 25.5 Å². The van der Waals surface area contributed by atoms with Crippen molar-refractivity contribution in [3.63, 3.8) is 0 Å². The van der Waals surface area contributed by atoms with E-state index in [1.165, 1.54) is 49.7 Å². The molecule has 1 aromatic carbocycles. The molecule has 2 nitrogen and oxygen atoms in total. The Labute approximate surface area is 130 Å². The number of hydrogen-bond donors (Lipinski definition) is 1. The van der Waals surface area contributed by atoms with Gasteiger partial charge in [0.1, 0.15) is 0 Å². The van der Waals surface area contributed by atoms with E-state index >= 15 is 0 Å². The van der Waals surface area contributed by atoms with Gasteiger partial charge >= 0.3 is 0 Å². The van der Waals surface area contributed by atoms with Crippen molar-refractivity contribution in [2.45, 2.75) is 57.9 Å². The fourth-order valence-corrected chi connectivity index (χ4v) is 3.48. The van der Waals surface area contributed by atoms with Crippen molar-refractivity contribution in [2.24, 2.45) is 5.92 Å². The third kappa shape index (κ3) is 5.44. The lowest BCUT2D eigenvalue weighted by Crippen LogP contribution is -2.24. The Morgan fingerprint density at radius 3 is 2.48 bits per heavy atom. The van der Waals surface area contributed by atoms with E-state index in [-0.39, 0.29) is 0 Å². The monoisotopic (exact) mass is 289 g/mol. The summed E-state index contributed by atoms with van der Waals surface area (Å²) in [4.78, 5) is 0. The van der Waals surface area contributed by atoms with Gasteiger partial charge in [0.25, 0.3) is 0 Å². The summed E-state index contributed by atoms with van der Waals surface area (Å²) in [5, 5.41) is 3.68. The summed E-state index contributed by atoms with van der Waals surface area (Å²) in [6, 6.07) is 9.66. The van der Waals surface area contributed by atoms with Gasteiger partial charge in [-0.15, -0.1) is 0 Å². The van der Waals surface area contributed by atoms with E-state index in [1.807, 2.05) is 0 Å². The number of ether oxygens (including phenoxy) is 1. The number of nitrogens with one attached hydrogen (secondary N) is 1. The molecule has 1 aromatic rings. The average molecular weight is 289 g/mol. The number of rotatable bonds is 8. The zero-order valence-electron chi connectivity index (χ0n) is 13.7. The standard InChI is InChI=1S/C19H31NO/c1-3-20-19(15-17-7-5-4-6-8-17)18-11-9-16(10-12-18)13-14-21-2/h9-12,17,19-20H,3-8,13-15H2,1-2H3. The van der Waals surface area contributed by atoms with Gasteiger partial charge < -0.3 is 10.1 Å². The molecule has 0 bridgehead atoms. The van der Waals surface area contributed by atoms with Crippen LogP contribution in [0.3, 0.4) is 0 Å². The molecule has 0 saturated heterocycles. The van der Waals surface area contributed by atoms with Gasteiger partial charge in [-0.3, -0.25) is 0 Å². The molecule has 0 heterocycles. The van der Waals surface area contributed by atoms with Gasteiger partial charge in [-0.25, -0.2) is 0 Å². The van der Waals surface area contributed by atoms with Crippen LogP contribution in [0.25, 0.3) is 0 Å². The highest BCUT2D eigenvalue weighted by atomic mass is 16.5. The molecule has 1 N–H and O–H groups in total. The molecule has 0 radical (unpaired) electrons. The van der Waals surface area contributed by atoms with Crippen LogP contribution in [0.4, 0.5) is 0 Å². The number of hydrogen-bond acceptors (Lipinski definition) is 2. The van der Waals surface area contributed by atoms with E-state index in [9.17, 15) is 0 Å². The summed E-state index contributed by atoms with van der Waals surface area (Å²) < 4.78 is 5.15. The Hall–Kier alpha value is -0.860. The highest BCUT2D eigenvalue weighted by Crippen LogP contribution is 2.32. The van der Waals surface area contributed by atoms with Crippen molar-refractivity contribution in [1.29, 1.82) is 0 Å². The Bertz CT molecular complexity index is 381. The Morgan fingerprint density at radius 1 is 1.14 bits per heavy atom. The molecule has 1 aliphatic rings. The smallest absolute Gasteiger partial charge is 0.0502 e. The lowest BCUT2D eigenvalue weighted by atomic mass is 9.83. The van der Waals surface area contributed by atoms with Crippen LogP contribution in [0.5, 0.6) is 0 Å². The third-order valence-electron chi connectivity index (χ3n) is 4.72. The maximum atomic E-state index is 5.15. The first-order valence-electron chi connectivity index (χ1n) is 8.64. The van der Waals surface area contributed by atoms with Crippen LogP contribution in [0, 0.1) is 5.92 Å². The van der Waals surface area contributed by atoms with E-state index in [2.05, 4.69) is 36.5 Å². The Morgan fingerprint density at radius 2 is 1.86 bits per heavy atom. The van der Waals surface area contributed by atoms with Gasteiger partial charge in [0, 0.05) is 13.2 Å². The Kier molecular flexibility index (Phi) is 7.25. The molecule has 21 heavy (non-hydrogen) atoms. The topological polar surface area (TPSA) is 21.3 Å². The highest BCUT2D eigenvalue weighted by Gasteiger charge is 2.19. The summed E-state index contributed by atoms with van der Waals surface area (Å²) in [7, 11) is 1.76. The van der Waals surface area contributed by atoms with Crippen molar-refractivity contribution in [1.82, 2.24) is 5.32 Å². The fourth-order valence-electron chi connectivity index (χ4n) is 3.48. The largest absolute Gasteiger partial charge is 0.384 e. The van der Waals surface area contributed by atoms with Gasteiger partial charge in [0.2, 0.25) is 0 Å². The normalized spacial score (nSPS) is 17.8.